The Morgan fingerprint density at radius 1 is 0.340 bits per heavy atom. The van der Waals surface area contributed by atoms with Gasteiger partial charge in [0.25, 0.3) is 0 Å². The molecule has 0 saturated heterocycles. The quantitative estimate of drug-likeness (QED) is 0.167. The van der Waals surface area contributed by atoms with Crippen molar-refractivity contribution in [1.29, 1.82) is 0 Å². The summed E-state index contributed by atoms with van der Waals surface area (Å²) in [6, 6.07) is 51.9. The highest BCUT2D eigenvalue weighted by molar-refractivity contribution is 6.03. The lowest BCUT2D eigenvalue weighted by Gasteiger charge is -2.73. The highest BCUT2D eigenvalue weighted by atomic mass is 15.0. The predicted octanol–water partition coefficient (Wildman–Crippen LogP) is 10.6. The van der Waals surface area contributed by atoms with Crippen molar-refractivity contribution < 1.29 is 0 Å². The summed E-state index contributed by atoms with van der Waals surface area (Å²) in [4.78, 5) is 30.3. The molecule has 0 aliphatic heterocycles. The van der Waals surface area contributed by atoms with Crippen LogP contribution in [0.2, 0.25) is 0 Å². The van der Waals surface area contributed by atoms with Gasteiger partial charge < -0.3 is 0 Å². The number of nitrogens with zero attached hydrogens (tertiary/aromatic N) is 6. The first-order valence-corrected chi connectivity index (χ1v) is 18.6. The van der Waals surface area contributed by atoms with E-state index < -0.39 is 0 Å². The number of hydrogen-bond donors (Lipinski definition) is 0. The van der Waals surface area contributed by atoms with Crippen LogP contribution in [0.25, 0.3) is 79.1 Å². The van der Waals surface area contributed by atoms with Crippen LogP contribution in [0.1, 0.15) is 24.3 Å². The van der Waals surface area contributed by atoms with Crippen LogP contribution in [-0.4, -0.2) is 29.9 Å². The van der Waals surface area contributed by atoms with Crippen molar-refractivity contribution in [3.05, 3.63) is 157 Å². The van der Waals surface area contributed by atoms with E-state index in [-0.39, 0.29) is 0 Å². The molecule has 2 heterocycles. The molecule has 252 valence electrons. The standard InChI is InChI=1S/C47H34N6/c1-4-12-29(13-5-1)42-48-43(30-14-6-2-7-15-30)51-46(50-42)36-20-10-19-35-34(36)18-11-21-37(35)47-52-44(31-16-8-3-9-17-31)49-45(53-47)32-24-22-28(23-25-32)40-38-26-33-27-39(40)41(33)38/h1-25,33,38-41H,26-27H2. The van der Waals surface area contributed by atoms with Crippen LogP contribution >= 0.6 is 0 Å². The third-order valence-electron chi connectivity index (χ3n) is 11.9. The fourth-order valence-corrected chi connectivity index (χ4v) is 9.31. The smallest absolute Gasteiger partial charge is 0.164 e. The van der Waals surface area contributed by atoms with Crippen molar-refractivity contribution in [2.75, 3.05) is 0 Å². The van der Waals surface area contributed by atoms with Crippen molar-refractivity contribution in [3.8, 4) is 68.3 Å². The van der Waals surface area contributed by atoms with Crippen LogP contribution in [0.3, 0.4) is 0 Å². The third-order valence-corrected chi connectivity index (χ3v) is 11.9. The summed E-state index contributed by atoms with van der Waals surface area (Å²) in [5, 5.41) is 2.02. The van der Waals surface area contributed by atoms with Gasteiger partial charge >= 0.3 is 0 Å². The molecule has 3 saturated carbocycles. The van der Waals surface area contributed by atoms with Gasteiger partial charge in [-0.05, 0) is 58.8 Å². The Balaban J connectivity index is 1.04. The lowest BCUT2D eigenvalue weighted by atomic mass is 9.31. The number of aromatic nitrogens is 6. The van der Waals surface area contributed by atoms with E-state index in [4.69, 9.17) is 29.9 Å². The largest absolute Gasteiger partial charge is 0.208 e. The average Bonchev–Trinajstić information content (AvgIpc) is 3.23. The van der Waals surface area contributed by atoms with E-state index in [0.717, 1.165) is 73.7 Å². The lowest BCUT2D eigenvalue weighted by molar-refractivity contribution is -0.214. The molecule has 6 aromatic carbocycles. The number of fused-ring (bicyclic) bond motifs is 1. The molecule has 2 unspecified atom stereocenters. The zero-order valence-electron chi connectivity index (χ0n) is 28.9. The van der Waals surface area contributed by atoms with E-state index in [2.05, 4.69) is 72.8 Å². The molecule has 53 heavy (non-hydrogen) atoms. The Bertz CT molecular complexity index is 2570. The monoisotopic (exact) mass is 682 g/mol. The summed E-state index contributed by atoms with van der Waals surface area (Å²) in [6.07, 6.45) is 2.85. The van der Waals surface area contributed by atoms with Crippen molar-refractivity contribution in [2.45, 2.75) is 18.8 Å². The molecule has 3 fully saturated rings. The lowest BCUT2D eigenvalue weighted by Crippen LogP contribution is -2.65. The van der Waals surface area contributed by atoms with E-state index in [1.165, 1.54) is 18.4 Å². The van der Waals surface area contributed by atoms with Gasteiger partial charge in [-0.25, -0.2) is 29.9 Å². The first-order chi connectivity index (χ1) is 26.2. The Hall–Kier alpha value is -6.40. The summed E-state index contributed by atoms with van der Waals surface area (Å²) in [7, 11) is 0. The van der Waals surface area contributed by atoms with Crippen LogP contribution in [0.5, 0.6) is 0 Å². The van der Waals surface area contributed by atoms with Gasteiger partial charge in [0.15, 0.2) is 34.9 Å². The van der Waals surface area contributed by atoms with E-state index >= 15 is 0 Å². The molecule has 11 rings (SSSR count). The van der Waals surface area contributed by atoms with Crippen LogP contribution in [0, 0.1) is 23.7 Å². The highest BCUT2D eigenvalue weighted by Gasteiger charge is 2.67. The van der Waals surface area contributed by atoms with Gasteiger partial charge in [0.1, 0.15) is 0 Å². The van der Waals surface area contributed by atoms with Crippen molar-refractivity contribution in [2.24, 2.45) is 23.7 Å². The third kappa shape index (κ3) is 5.01. The molecular weight excluding hydrogens is 649 g/mol. The van der Waals surface area contributed by atoms with Crippen LogP contribution in [-0.2, 0) is 0 Å². The Labute approximate surface area is 307 Å². The Morgan fingerprint density at radius 2 is 0.717 bits per heavy atom. The fourth-order valence-electron chi connectivity index (χ4n) is 9.31. The second-order valence-corrected chi connectivity index (χ2v) is 14.7. The maximum Gasteiger partial charge on any atom is 0.164 e. The second-order valence-electron chi connectivity index (χ2n) is 14.7. The SMILES string of the molecule is c1ccc(-c2nc(-c3ccccc3)nc(-c3cccc4c(-c5nc(-c6ccccc6)nc(-c6ccc(C7C8CC9CC7C98)cc6)n5)cccc34)n2)cc1. The van der Waals surface area contributed by atoms with Gasteiger partial charge in [-0.3, -0.25) is 0 Å². The topological polar surface area (TPSA) is 77.3 Å². The van der Waals surface area contributed by atoms with E-state index in [1.54, 1.807) is 0 Å². The van der Waals surface area contributed by atoms with E-state index in [9.17, 15) is 0 Å². The molecule has 0 N–H and O–H groups in total. The highest BCUT2D eigenvalue weighted by Crippen LogP contribution is 2.75. The van der Waals surface area contributed by atoms with Gasteiger partial charge in [0.2, 0.25) is 0 Å². The van der Waals surface area contributed by atoms with E-state index in [1.807, 2.05) is 78.9 Å². The van der Waals surface area contributed by atoms with Gasteiger partial charge in [-0.2, -0.15) is 0 Å². The predicted molar refractivity (Wildman–Crippen MR) is 209 cm³/mol. The Morgan fingerprint density at radius 3 is 1.09 bits per heavy atom. The maximum atomic E-state index is 5.17. The molecule has 0 spiro atoms. The number of benzene rings is 6. The van der Waals surface area contributed by atoms with Gasteiger partial charge in [-0.15, -0.1) is 0 Å². The average molecular weight is 683 g/mol. The summed E-state index contributed by atoms with van der Waals surface area (Å²) >= 11 is 0. The minimum atomic E-state index is 0.610. The summed E-state index contributed by atoms with van der Waals surface area (Å²) in [6.45, 7) is 0. The number of rotatable bonds is 7. The molecule has 8 aromatic rings. The zero-order valence-corrected chi connectivity index (χ0v) is 28.9. The minimum Gasteiger partial charge on any atom is -0.208 e. The first-order valence-electron chi connectivity index (χ1n) is 18.6. The van der Waals surface area contributed by atoms with Gasteiger partial charge in [0.05, 0.1) is 0 Å². The fraction of sp³-hybridized carbons (Fsp3) is 0.149. The molecule has 3 aliphatic carbocycles. The molecule has 2 atom stereocenters. The molecule has 2 aromatic heterocycles. The van der Waals surface area contributed by atoms with Gasteiger partial charge in [-0.1, -0.05) is 152 Å². The summed E-state index contributed by atoms with van der Waals surface area (Å²) in [5.41, 5.74) is 7.13. The van der Waals surface area contributed by atoms with Crippen LogP contribution < -0.4 is 0 Å². The van der Waals surface area contributed by atoms with E-state index in [0.29, 0.717) is 34.9 Å². The summed E-state index contributed by atoms with van der Waals surface area (Å²) in [5.74, 6) is 8.40. The van der Waals surface area contributed by atoms with Gasteiger partial charge in [0, 0.05) is 33.4 Å². The molecule has 6 nitrogen and oxygen atoms in total. The maximum absolute atomic E-state index is 5.17. The van der Waals surface area contributed by atoms with Crippen molar-refractivity contribution in [3.63, 3.8) is 0 Å². The molecular formula is C47H34N6. The molecule has 3 aliphatic rings. The molecule has 6 heteroatoms. The molecule has 0 bridgehead atoms. The van der Waals surface area contributed by atoms with Crippen molar-refractivity contribution in [1.82, 2.24) is 29.9 Å². The van der Waals surface area contributed by atoms with Crippen LogP contribution in [0.4, 0.5) is 0 Å². The summed E-state index contributed by atoms with van der Waals surface area (Å²) < 4.78 is 0. The molecule has 0 amide bonds. The second kappa shape index (κ2) is 12.1. The Kier molecular flexibility index (Phi) is 6.90. The minimum absolute atomic E-state index is 0.610. The number of hydrogen-bond acceptors (Lipinski definition) is 6. The first kappa shape index (κ1) is 30.2. The normalized spacial score (nSPS) is 20.9. The molecule has 0 radical (unpaired) electrons. The van der Waals surface area contributed by atoms with Crippen LogP contribution in [0.15, 0.2) is 152 Å². The van der Waals surface area contributed by atoms with Crippen molar-refractivity contribution >= 4 is 10.8 Å². The zero-order chi connectivity index (χ0) is 34.9.